The minimum Gasteiger partial charge on any atom is -0.494 e. The quantitative estimate of drug-likeness (QED) is 0.890. The molecular formula is C19H21N5O2. The molecule has 134 valence electrons. The molecule has 1 fully saturated rings. The number of carbonyl (C=O) groups excluding carboxylic acids is 1. The standard InChI is InChI=1S/C19H21N5O2/c1-2-26-17-6-3-14(4-7-17)19(25)24-11-9-15(10-12-24)21-18-8-5-16(13-20)22-23-18/h3-8,15H,2,9-12H2,1H3,(H,21,23). The zero-order valence-electron chi connectivity index (χ0n) is 14.7. The highest BCUT2D eigenvalue weighted by Gasteiger charge is 2.23. The third-order valence-corrected chi connectivity index (χ3v) is 4.33. The third-order valence-electron chi connectivity index (χ3n) is 4.33. The van der Waals surface area contributed by atoms with Gasteiger partial charge in [0, 0.05) is 24.7 Å². The van der Waals surface area contributed by atoms with Gasteiger partial charge in [-0.2, -0.15) is 5.26 Å². The molecule has 7 heteroatoms. The second kappa shape index (κ2) is 8.30. The lowest BCUT2D eigenvalue weighted by Crippen LogP contribution is -2.42. The Kier molecular flexibility index (Phi) is 5.64. The smallest absolute Gasteiger partial charge is 0.253 e. The number of carbonyl (C=O) groups is 1. The number of ether oxygens (including phenoxy) is 1. The highest BCUT2D eigenvalue weighted by molar-refractivity contribution is 5.94. The Morgan fingerprint density at radius 3 is 2.54 bits per heavy atom. The maximum atomic E-state index is 12.6. The van der Waals surface area contributed by atoms with Gasteiger partial charge in [-0.15, -0.1) is 10.2 Å². The number of likely N-dealkylation sites (tertiary alicyclic amines) is 1. The van der Waals surface area contributed by atoms with Crippen LogP contribution in [0.4, 0.5) is 5.82 Å². The van der Waals surface area contributed by atoms with Gasteiger partial charge in [-0.25, -0.2) is 0 Å². The second-order valence-electron chi connectivity index (χ2n) is 6.08. The van der Waals surface area contributed by atoms with Crippen molar-refractivity contribution in [3.05, 3.63) is 47.7 Å². The lowest BCUT2D eigenvalue weighted by molar-refractivity contribution is 0.0718. The molecule has 1 aromatic carbocycles. The molecular weight excluding hydrogens is 330 g/mol. The van der Waals surface area contributed by atoms with Crippen molar-refractivity contribution < 1.29 is 9.53 Å². The third kappa shape index (κ3) is 4.28. The summed E-state index contributed by atoms with van der Waals surface area (Å²) in [6.45, 7) is 3.92. The van der Waals surface area contributed by atoms with Gasteiger partial charge in [-0.1, -0.05) is 0 Å². The summed E-state index contributed by atoms with van der Waals surface area (Å²) in [6.07, 6.45) is 1.68. The molecule has 26 heavy (non-hydrogen) atoms. The van der Waals surface area contributed by atoms with Crippen LogP contribution in [0.2, 0.25) is 0 Å². The van der Waals surface area contributed by atoms with E-state index in [9.17, 15) is 4.79 Å². The summed E-state index contributed by atoms with van der Waals surface area (Å²) in [5, 5.41) is 19.9. The predicted molar refractivity (Wildman–Crippen MR) is 96.9 cm³/mol. The van der Waals surface area contributed by atoms with Gasteiger partial charge in [0.25, 0.3) is 5.91 Å². The molecule has 0 radical (unpaired) electrons. The van der Waals surface area contributed by atoms with E-state index in [-0.39, 0.29) is 11.9 Å². The number of anilines is 1. The number of benzene rings is 1. The molecule has 1 aromatic heterocycles. The molecule has 3 rings (SSSR count). The first-order chi connectivity index (χ1) is 12.7. The van der Waals surface area contributed by atoms with Gasteiger partial charge in [-0.05, 0) is 56.2 Å². The minimum absolute atomic E-state index is 0.0460. The molecule has 0 saturated carbocycles. The number of nitrogens with zero attached hydrogens (tertiary/aromatic N) is 4. The van der Waals surface area contributed by atoms with Gasteiger partial charge >= 0.3 is 0 Å². The summed E-state index contributed by atoms with van der Waals surface area (Å²) in [6, 6.07) is 12.9. The van der Waals surface area contributed by atoms with Gasteiger partial charge in [0.15, 0.2) is 5.69 Å². The van der Waals surface area contributed by atoms with Crippen molar-refractivity contribution in [1.82, 2.24) is 15.1 Å². The SMILES string of the molecule is CCOc1ccc(C(=O)N2CCC(Nc3ccc(C#N)nn3)CC2)cc1. The monoisotopic (exact) mass is 351 g/mol. The number of hydrogen-bond acceptors (Lipinski definition) is 6. The van der Waals surface area contributed by atoms with Crippen molar-refractivity contribution in [2.75, 3.05) is 25.0 Å². The molecule has 7 nitrogen and oxygen atoms in total. The van der Waals surface area contributed by atoms with E-state index in [2.05, 4.69) is 15.5 Å². The average molecular weight is 351 g/mol. The molecule has 0 atom stereocenters. The maximum absolute atomic E-state index is 12.6. The van der Waals surface area contributed by atoms with Crippen LogP contribution in [0.15, 0.2) is 36.4 Å². The minimum atomic E-state index is 0.0460. The van der Waals surface area contributed by atoms with Crippen molar-refractivity contribution in [2.24, 2.45) is 0 Å². The van der Waals surface area contributed by atoms with Crippen LogP contribution in [0.1, 0.15) is 35.8 Å². The summed E-state index contributed by atoms with van der Waals surface area (Å²) in [5.74, 6) is 1.47. The summed E-state index contributed by atoms with van der Waals surface area (Å²) in [7, 11) is 0. The largest absolute Gasteiger partial charge is 0.494 e. The molecule has 1 amide bonds. The fourth-order valence-electron chi connectivity index (χ4n) is 2.95. The molecule has 0 aliphatic carbocycles. The number of nitriles is 1. The molecule has 1 saturated heterocycles. The van der Waals surface area contributed by atoms with Crippen LogP contribution in [-0.2, 0) is 0 Å². The second-order valence-corrected chi connectivity index (χ2v) is 6.08. The van der Waals surface area contributed by atoms with Crippen molar-refractivity contribution in [1.29, 1.82) is 5.26 Å². The highest BCUT2D eigenvalue weighted by Crippen LogP contribution is 2.19. The van der Waals surface area contributed by atoms with Crippen LogP contribution < -0.4 is 10.1 Å². The fourth-order valence-corrected chi connectivity index (χ4v) is 2.95. The van der Waals surface area contributed by atoms with E-state index >= 15 is 0 Å². The number of piperidine rings is 1. The van der Waals surface area contributed by atoms with Crippen LogP contribution in [-0.4, -0.2) is 46.7 Å². The molecule has 0 spiro atoms. The molecule has 0 bridgehead atoms. The van der Waals surface area contributed by atoms with Crippen LogP contribution >= 0.6 is 0 Å². The van der Waals surface area contributed by atoms with Crippen molar-refractivity contribution in [3.63, 3.8) is 0 Å². The first kappa shape index (κ1) is 17.7. The van der Waals surface area contributed by atoms with E-state index in [1.54, 1.807) is 12.1 Å². The Morgan fingerprint density at radius 1 is 1.23 bits per heavy atom. The summed E-state index contributed by atoms with van der Waals surface area (Å²) in [4.78, 5) is 14.5. The molecule has 2 heterocycles. The van der Waals surface area contributed by atoms with E-state index in [4.69, 9.17) is 10.00 Å². The molecule has 0 unspecified atom stereocenters. The number of rotatable bonds is 5. The van der Waals surface area contributed by atoms with Gasteiger partial charge < -0.3 is 15.0 Å². The predicted octanol–water partition coefficient (Wildman–Crippen LogP) is 2.46. The molecule has 2 aromatic rings. The first-order valence-corrected chi connectivity index (χ1v) is 8.72. The van der Waals surface area contributed by atoms with Crippen molar-refractivity contribution >= 4 is 11.7 Å². The Hall–Kier alpha value is -3.14. The highest BCUT2D eigenvalue weighted by atomic mass is 16.5. The lowest BCUT2D eigenvalue weighted by atomic mass is 10.0. The topological polar surface area (TPSA) is 91.1 Å². The van der Waals surface area contributed by atoms with E-state index in [0.717, 1.165) is 18.6 Å². The Bertz CT molecular complexity index is 775. The summed E-state index contributed by atoms with van der Waals surface area (Å²) < 4.78 is 5.41. The Balaban J connectivity index is 1.52. The van der Waals surface area contributed by atoms with E-state index < -0.39 is 0 Å². The zero-order valence-corrected chi connectivity index (χ0v) is 14.7. The molecule has 1 N–H and O–H groups in total. The van der Waals surface area contributed by atoms with E-state index in [0.29, 0.717) is 36.8 Å². The average Bonchev–Trinajstić information content (AvgIpc) is 2.69. The maximum Gasteiger partial charge on any atom is 0.253 e. The number of amides is 1. The van der Waals surface area contributed by atoms with Crippen LogP contribution in [0, 0.1) is 11.3 Å². The van der Waals surface area contributed by atoms with Crippen LogP contribution in [0.25, 0.3) is 0 Å². The summed E-state index contributed by atoms with van der Waals surface area (Å²) >= 11 is 0. The van der Waals surface area contributed by atoms with Crippen molar-refractivity contribution in [3.8, 4) is 11.8 Å². The number of aromatic nitrogens is 2. The zero-order chi connectivity index (χ0) is 18.4. The van der Waals surface area contributed by atoms with Crippen molar-refractivity contribution in [2.45, 2.75) is 25.8 Å². The Labute approximate surface area is 152 Å². The van der Waals surface area contributed by atoms with Gasteiger partial charge in [0.2, 0.25) is 0 Å². The number of hydrogen-bond donors (Lipinski definition) is 1. The van der Waals surface area contributed by atoms with Gasteiger partial charge in [-0.3, -0.25) is 4.79 Å². The Morgan fingerprint density at radius 2 is 1.96 bits per heavy atom. The van der Waals surface area contributed by atoms with Gasteiger partial charge in [0.1, 0.15) is 17.6 Å². The van der Waals surface area contributed by atoms with E-state index in [1.807, 2.05) is 42.2 Å². The van der Waals surface area contributed by atoms with Crippen LogP contribution in [0.3, 0.4) is 0 Å². The fraction of sp³-hybridized carbons (Fsp3) is 0.368. The van der Waals surface area contributed by atoms with E-state index in [1.165, 1.54) is 0 Å². The first-order valence-electron chi connectivity index (χ1n) is 8.72. The summed E-state index contributed by atoms with van der Waals surface area (Å²) in [5.41, 5.74) is 0.976. The lowest BCUT2D eigenvalue weighted by Gasteiger charge is -2.32. The normalized spacial score (nSPS) is 14.5. The van der Waals surface area contributed by atoms with Crippen LogP contribution in [0.5, 0.6) is 5.75 Å². The molecule has 1 aliphatic heterocycles. The molecule has 1 aliphatic rings. The number of nitrogens with one attached hydrogen (secondary N) is 1. The van der Waals surface area contributed by atoms with Gasteiger partial charge in [0.05, 0.1) is 6.61 Å².